The van der Waals surface area contributed by atoms with Gasteiger partial charge in [-0.2, -0.15) is 0 Å². The molecule has 2 N–H and O–H groups in total. The zero-order valence-electron chi connectivity index (χ0n) is 17.8. The van der Waals surface area contributed by atoms with Gasteiger partial charge in [0.25, 0.3) is 0 Å². The molecule has 7 nitrogen and oxygen atoms in total. The fourth-order valence-corrected chi connectivity index (χ4v) is 3.80. The van der Waals surface area contributed by atoms with E-state index in [1.54, 1.807) is 7.05 Å². The van der Waals surface area contributed by atoms with Crippen molar-refractivity contribution in [2.24, 2.45) is 4.99 Å². The third-order valence-corrected chi connectivity index (χ3v) is 5.23. The summed E-state index contributed by atoms with van der Waals surface area (Å²) in [6.07, 6.45) is 2.61. The normalized spacial score (nSPS) is 20.6. The van der Waals surface area contributed by atoms with E-state index in [-0.39, 0.29) is 42.0 Å². The van der Waals surface area contributed by atoms with Crippen LogP contribution >= 0.6 is 24.0 Å². The van der Waals surface area contributed by atoms with E-state index in [9.17, 15) is 4.79 Å². The Morgan fingerprint density at radius 1 is 1.38 bits per heavy atom. The zero-order chi connectivity index (χ0) is 20.1. The standard InChI is InChI=1S/C21H32N4O3.HI/c1-5-20(26)25-8-7-17(13-25)24-21(22-4)23-12-16-11-19-15(9-14(3)28-19)10-18(16)27-6-2;/h10-11,14,17H,5-9,12-13H2,1-4H3,(H2,22,23,24);1H. The van der Waals surface area contributed by atoms with Gasteiger partial charge in [-0.1, -0.05) is 6.92 Å². The second kappa shape index (κ2) is 10.9. The monoisotopic (exact) mass is 516 g/mol. The maximum Gasteiger partial charge on any atom is 0.222 e. The van der Waals surface area contributed by atoms with Gasteiger partial charge in [0.1, 0.15) is 17.6 Å². The van der Waals surface area contributed by atoms with Gasteiger partial charge in [0.05, 0.1) is 6.61 Å². The molecule has 1 saturated heterocycles. The summed E-state index contributed by atoms with van der Waals surface area (Å²) in [6.45, 7) is 8.72. The minimum atomic E-state index is 0. The Hall–Kier alpha value is -1.71. The van der Waals surface area contributed by atoms with Crippen LogP contribution in [-0.2, 0) is 17.8 Å². The van der Waals surface area contributed by atoms with Crippen LogP contribution < -0.4 is 20.1 Å². The number of halogens is 1. The number of guanidine groups is 1. The molecule has 0 spiro atoms. The van der Waals surface area contributed by atoms with E-state index in [2.05, 4.69) is 34.7 Å². The number of ether oxygens (including phenoxy) is 2. The Morgan fingerprint density at radius 2 is 2.17 bits per heavy atom. The Bertz CT molecular complexity index is 741. The van der Waals surface area contributed by atoms with Crippen molar-refractivity contribution in [1.29, 1.82) is 0 Å². The highest BCUT2D eigenvalue weighted by molar-refractivity contribution is 14.0. The van der Waals surface area contributed by atoms with Gasteiger partial charge in [0.15, 0.2) is 5.96 Å². The molecular formula is C21H33IN4O3. The molecule has 29 heavy (non-hydrogen) atoms. The van der Waals surface area contributed by atoms with Gasteiger partial charge in [-0.15, -0.1) is 24.0 Å². The molecule has 1 aromatic carbocycles. The first-order chi connectivity index (χ1) is 13.5. The van der Waals surface area contributed by atoms with Crippen molar-refractivity contribution in [1.82, 2.24) is 15.5 Å². The van der Waals surface area contributed by atoms with Crippen LogP contribution in [-0.4, -0.2) is 55.7 Å². The number of likely N-dealkylation sites (tertiary alicyclic amines) is 1. The molecule has 2 heterocycles. The van der Waals surface area contributed by atoms with Gasteiger partial charge in [-0.25, -0.2) is 0 Å². The average molecular weight is 516 g/mol. The number of hydrogen-bond donors (Lipinski definition) is 2. The van der Waals surface area contributed by atoms with Crippen LogP contribution in [0.25, 0.3) is 0 Å². The zero-order valence-corrected chi connectivity index (χ0v) is 20.1. The number of hydrogen-bond acceptors (Lipinski definition) is 4. The maximum absolute atomic E-state index is 11.9. The number of carbonyl (C=O) groups is 1. The van der Waals surface area contributed by atoms with Crippen molar-refractivity contribution >= 4 is 35.8 Å². The van der Waals surface area contributed by atoms with Gasteiger partial charge < -0.3 is 25.0 Å². The lowest BCUT2D eigenvalue weighted by atomic mass is 10.1. The molecule has 0 radical (unpaired) electrons. The molecular weight excluding hydrogens is 483 g/mol. The predicted octanol–water partition coefficient (Wildman–Crippen LogP) is 2.70. The molecule has 2 unspecified atom stereocenters. The fourth-order valence-electron chi connectivity index (χ4n) is 3.80. The highest BCUT2D eigenvalue weighted by Gasteiger charge is 2.26. The number of aliphatic imine (C=N–C) groups is 1. The average Bonchev–Trinajstić information content (AvgIpc) is 3.29. The number of carbonyl (C=O) groups excluding carboxylic acids is 1. The fraction of sp³-hybridized carbons (Fsp3) is 0.619. The third-order valence-electron chi connectivity index (χ3n) is 5.23. The summed E-state index contributed by atoms with van der Waals surface area (Å²) in [4.78, 5) is 18.1. The molecule has 2 aliphatic heterocycles. The van der Waals surface area contributed by atoms with Crippen LogP contribution in [0, 0.1) is 0 Å². The van der Waals surface area contributed by atoms with Crippen molar-refractivity contribution < 1.29 is 14.3 Å². The number of rotatable bonds is 6. The van der Waals surface area contributed by atoms with Crippen LogP contribution in [0.5, 0.6) is 11.5 Å². The van der Waals surface area contributed by atoms with Gasteiger partial charge in [0, 0.05) is 56.7 Å². The summed E-state index contributed by atoms with van der Waals surface area (Å²) < 4.78 is 11.7. The molecule has 1 aromatic rings. The van der Waals surface area contributed by atoms with Crippen molar-refractivity contribution in [2.45, 2.75) is 58.7 Å². The first-order valence-electron chi connectivity index (χ1n) is 10.2. The maximum atomic E-state index is 11.9. The Labute approximate surface area is 190 Å². The van der Waals surface area contributed by atoms with Crippen molar-refractivity contribution in [2.75, 3.05) is 26.7 Å². The second-order valence-electron chi connectivity index (χ2n) is 7.38. The Balaban J connectivity index is 0.00000300. The number of benzene rings is 1. The van der Waals surface area contributed by atoms with E-state index in [0.29, 0.717) is 19.6 Å². The van der Waals surface area contributed by atoms with E-state index in [0.717, 1.165) is 49.0 Å². The molecule has 8 heteroatoms. The SMILES string of the molecule is CCOc1cc2c(cc1CNC(=NC)NC1CCN(C(=O)CC)C1)OC(C)C2.I. The van der Waals surface area contributed by atoms with E-state index in [1.165, 1.54) is 5.56 Å². The molecule has 162 valence electrons. The summed E-state index contributed by atoms with van der Waals surface area (Å²) in [7, 11) is 1.76. The summed E-state index contributed by atoms with van der Waals surface area (Å²) in [5.74, 6) is 2.77. The number of nitrogens with zero attached hydrogens (tertiary/aromatic N) is 2. The molecule has 2 atom stereocenters. The third kappa shape index (κ3) is 5.90. The van der Waals surface area contributed by atoms with Crippen molar-refractivity contribution in [3.8, 4) is 11.5 Å². The lowest BCUT2D eigenvalue weighted by molar-refractivity contribution is -0.129. The Morgan fingerprint density at radius 3 is 2.86 bits per heavy atom. The summed E-state index contributed by atoms with van der Waals surface area (Å²) in [5.41, 5.74) is 2.25. The van der Waals surface area contributed by atoms with Crippen molar-refractivity contribution in [3.63, 3.8) is 0 Å². The minimum Gasteiger partial charge on any atom is -0.494 e. The highest BCUT2D eigenvalue weighted by atomic mass is 127. The van der Waals surface area contributed by atoms with E-state index in [4.69, 9.17) is 9.47 Å². The molecule has 0 saturated carbocycles. The van der Waals surface area contributed by atoms with Gasteiger partial charge in [0.2, 0.25) is 5.91 Å². The minimum absolute atomic E-state index is 0. The van der Waals surface area contributed by atoms with Gasteiger partial charge in [-0.05, 0) is 32.4 Å². The number of amides is 1. The molecule has 0 aromatic heterocycles. The number of nitrogens with one attached hydrogen (secondary N) is 2. The van der Waals surface area contributed by atoms with E-state index < -0.39 is 0 Å². The topological polar surface area (TPSA) is 75.2 Å². The predicted molar refractivity (Wildman–Crippen MR) is 125 cm³/mol. The highest BCUT2D eigenvalue weighted by Crippen LogP contribution is 2.35. The van der Waals surface area contributed by atoms with Crippen LogP contribution in [0.2, 0.25) is 0 Å². The smallest absolute Gasteiger partial charge is 0.222 e. The summed E-state index contributed by atoms with van der Waals surface area (Å²) in [6, 6.07) is 4.39. The number of fused-ring (bicyclic) bond motifs is 1. The molecule has 2 aliphatic rings. The summed E-state index contributed by atoms with van der Waals surface area (Å²) >= 11 is 0. The van der Waals surface area contributed by atoms with Crippen LogP contribution in [0.3, 0.4) is 0 Å². The lowest BCUT2D eigenvalue weighted by Crippen LogP contribution is -2.44. The molecule has 3 rings (SSSR count). The van der Waals surface area contributed by atoms with Gasteiger partial charge in [-0.3, -0.25) is 9.79 Å². The molecule has 0 aliphatic carbocycles. The van der Waals surface area contributed by atoms with Crippen LogP contribution in [0.1, 0.15) is 44.7 Å². The summed E-state index contributed by atoms with van der Waals surface area (Å²) in [5, 5.41) is 6.80. The largest absolute Gasteiger partial charge is 0.494 e. The Kier molecular flexibility index (Phi) is 8.85. The molecule has 1 amide bonds. The van der Waals surface area contributed by atoms with Crippen molar-refractivity contribution in [3.05, 3.63) is 23.3 Å². The quantitative estimate of drug-likeness (QED) is 0.346. The molecule has 1 fully saturated rings. The van der Waals surface area contributed by atoms with Crippen LogP contribution in [0.4, 0.5) is 0 Å². The second-order valence-corrected chi connectivity index (χ2v) is 7.38. The van der Waals surface area contributed by atoms with E-state index >= 15 is 0 Å². The lowest BCUT2D eigenvalue weighted by Gasteiger charge is -2.19. The first-order valence-corrected chi connectivity index (χ1v) is 10.2. The van der Waals surface area contributed by atoms with Gasteiger partial charge >= 0.3 is 0 Å². The van der Waals surface area contributed by atoms with E-state index in [1.807, 2.05) is 18.7 Å². The molecule has 0 bridgehead atoms. The van der Waals surface area contributed by atoms with Crippen LogP contribution in [0.15, 0.2) is 17.1 Å². The first kappa shape index (κ1) is 23.6.